The molecule has 0 aromatic carbocycles. The highest BCUT2D eigenvalue weighted by molar-refractivity contribution is 5.87. The minimum absolute atomic E-state index is 0.0663. The van der Waals surface area contributed by atoms with Gasteiger partial charge in [0.2, 0.25) is 0 Å². The number of ketones is 1. The quantitative estimate of drug-likeness (QED) is 0.414. The molecule has 8 atom stereocenters. The van der Waals surface area contributed by atoms with E-state index in [4.69, 9.17) is 4.74 Å². The first-order chi connectivity index (χ1) is 14.8. The number of ether oxygens (including phenoxy) is 1. The van der Waals surface area contributed by atoms with E-state index in [0.717, 1.165) is 38.5 Å². The normalized spacial score (nSPS) is 44.3. The summed E-state index contributed by atoms with van der Waals surface area (Å²) in [5.41, 5.74) is 0.139. The third-order valence-corrected chi connectivity index (χ3v) is 10.3. The largest absolute Gasteiger partial charge is 0.466 e. The van der Waals surface area contributed by atoms with Gasteiger partial charge in [0, 0.05) is 18.3 Å². The lowest BCUT2D eigenvalue weighted by molar-refractivity contribution is -0.165. The van der Waals surface area contributed by atoms with E-state index in [0.29, 0.717) is 48.4 Å². The number of unbranched alkanes of at least 4 members (excludes halogenated alkanes) is 2. The van der Waals surface area contributed by atoms with E-state index in [-0.39, 0.29) is 22.9 Å². The zero-order valence-electron chi connectivity index (χ0n) is 20.0. The molecule has 4 heteroatoms. The van der Waals surface area contributed by atoms with Crippen molar-refractivity contribution >= 4 is 11.8 Å². The fraction of sp³-hybridized carbons (Fsp3) is 0.926. The van der Waals surface area contributed by atoms with Gasteiger partial charge in [-0.15, -0.1) is 0 Å². The lowest BCUT2D eigenvalue weighted by Crippen LogP contribution is -2.57. The van der Waals surface area contributed by atoms with Crippen molar-refractivity contribution in [3.63, 3.8) is 0 Å². The van der Waals surface area contributed by atoms with Crippen LogP contribution in [0.1, 0.15) is 104 Å². The number of esters is 1. The van der Waals surface area contributed by atoms with Crippen molar-refractivity contribution in [2.24, 2.45) is 40.4 Å². The Morgan fingerprint density at radius 3 is 2.61 bits per heavy atom. The predicted molar refractivity (Wildman–Crippen MR) is 121 cm³/mol. The SMILES string of the molecule is CCOC(=O)CCCCC[C@H]1CC[C@]2(C)C3CC[C@]4(C)C(=O)CCC4C3C[C@H](O)C2C1. The second-order valence-corrected chi connectivity index (χ2v) is 11.8. The van der Waals surface area contributed by atoms with E-state index in [1.165, 1.54) is 38.5 Å². The smallest absolute Gasteiger partial charge is 0.305 e. The minimum atomic E-state index is -0.198. The number of aliphatic hydroxyl groups excluding tert-OH is 1. The predicted octanol–water partition coefficient (Wildman–Crippen LogP) is 5.70. The van der Waals surface area contributed by atoms with Crippen molar-refractivity contribution in [3.05, 3.63) is 0 Å². The highest BCUT2D eigenvalue weighted by Gasteiger charge is 2.61. The van der Waals surface area contributed by atoms with Crippen molar-refractivity contribution in [2.45, 2.75) is 110 Å². The highest BCUT2D eigenvalue weighted by atomic mass is 16.5. The van der Waals surface area contributed by atoms with Gasteiger partial charge in [0.1, 0.15) is 5.78 Å². The number of hydrogen-bond donors (Lipinski definition) is 1. The average molecular weight is 433 g/mol. The van der Waals surface area contributed by atoms with Crippen molar-refractivity contribution < 1.29 is 19.4 Å². The van der Waals surface area contributed by atoms with Crippen LogP contribution in [0.5, 0.6) is 0 Å². The number of rotatable bonds is 7. The summed E-state index contributed by atoms with van der Waals surface area (Å²) in [4.78, 5) is 24.1. The van der Waals surface area contributed by atoms with Crippen LogP contribution in [0.25, 0.3) is 0 Å². The molecule has 0 spiro atoms. The average Bonchev–Trinajstić information content (AvgIpc) is 3.04. The highest BCUT2D eigenvalue weighted by Crippen LogP contribution is 2.66. The molecule has 0 aliphatic heterocycles. The first-order valence-electron chi connectivity index (χ1n) is 13.2. The Balaban J connectivity index is 1.32. The summed E-state index contributed by atoms with van der Waals surface area (Å²) >= 11 is 0. The van der Waals surface area contributed by atoms with Crippen molar-refractivity contribution in [1.82, 2.24) is 0 Å². The summed E-state index contributed by atoms with van der Waals surface area (Å²) in [6.45, 7) is 7.03. The van der Waals surface area contributed by atoms with Gasteiger partial charge in [-0.05, 0) is 93.3 Å². The Morgan fingerprint density at radius 2 is 1.84 bits per heavy atom. The maximum Gasteiger partial charge on any atom is 0.305 e. The molecular formula is C27H44O4. The minimum Gasteiger partial charge on any atom is -0.466 e. The second kappa shape index (κ2) is 9.15. The van der Waals surface area contributed by atoms with Crippen LogP contribution >= 0.6 is 0 Å². The van der Waals surface area contributed by atoms with Crippen molar-refractivity contribution in [3.8, 4) is 0 Å². The molecule has 176 valence electrons. The Labute approximate surface area is 188 Å². The Kier molecular flexibility index (Phi) is 6.87. The molecule has 0 bridgehead atoms. The topological polar surface area (TPSA) is 63.6 Å². The van der Waals surface area contributed by atoms with Crippen LogP contribution in [0.4, 0.5) is 0 Å². The monoisotopic (exact) mass is 432 g/mol. The summed E-state index contributed by atoms with van der Waals surface area (Å²) in [5, 5.41) is 11.3. The summed E-state index contributed by atoms with van der Waals surface area (Å²) in [5.74, 6) is 3.30. The van der Waals surface area contributed by atoms with E-state index in [1.54, 1.807) is 0 Å². The fourth-order valence-electron chi connectivity index (χ4n) is 8.53. The van der Waals surface area contributed by atoms with Gasteiger partial charge >= 0.3 is 5.97 Å². The van der Waals surface area contributed by atoms with Gasteiger partial charge in [-0.1, -0.05) is 33.1 Å². The first-order valence-corrected chi connectivity index (χ1v) is 13.2. The molecule has 0 aromatic heterocycles. The molecule has 4 aliphatic rings. The summed E-state index contributed by atoms with van der Waals surface area (Å²) < 4.78 is 5.02. The Hall–Kier alpha value is -0.900. The molecule has 4 unspecified atom stereocenters. The molecule has 4 aliphatic carbocycles. The van der Waals surface area contributed by atoms with Gasteiger partial charge in [0.15, 0.2) is 0 Å². The zero-order chi connectivity index (χ0) is 22.2. The lowest BCUT2D eigenvalue weighted by atomic mass is 9.44. The van der Waals surface area contributed by atoms with Crippen LogP contribution in [0.3, 0.4) is 0 Å². The molecule has 0 heterocycles. The van der Waals surface area contributed by atoms with Gasteiger partial charge in [0.05, 0.1) is 12.7 Å². The summed E-state index contributed by atoms with van der Waals surface area (Å²) in [6.07, 6.45) is 13.5. The van der Waals surface area contributed by atoms with E-state index < -0.39 is 0 Å². The van der Waals surface area contributed by atoms with Crippen LogP contribution < -0.4 is 0 Å². The molecule has 1 N–H and O–H groups in total. The Morgan fingerprint density at radius 1 is 1.03 bits per heavy atom. The third kappa shape index (κ3) is 4.23. The second-order valence-electron chi connectivity index (χ2n) is 11.8. The molecule has 0 radical (unpaired) electrons. The van der Waals surface area contributed by atoms with Crippen molar-refractivity contribution in [1.29, 1.82) is 0 Å². The third-order valence-electron chi connectivity index (χ3n) is 10.3. The van der Waals surface area contributed by atoms with Crippen LogP contribution in [0.15, 0.2) is 0 Å². The lowest BCUT2D eigenvalue weighted by Gasteiger charge is -2.61. The molecule has 4 fully saturated rings. The fourth-order valence-corrected chi connectivity index (χ4v) is 8.53. The molecule has 4 saturated carbocycles. The number of fused-ring (bicyclic) bond motifs is 5. The van der Waals surface area contributed by atoms with E-state index in [9.17, 15) is 14.7 Å². The number of carbonyl (C=O) groups excluding carboxylic acids is 2. The van der Waals surface area contributed by atoms with Gasteiger partial charge < -0.3 is 9.84 Å². The van der Waals surface area contributed by atoms with Gasteiger partial charge in [-0.25, -0.2) is 0 Å². The zero-order valence-corrected chi connectivity index (χ0v) is 20.0. The van der Waals surface area contributed by atoms with Crippen LogP contribution in [-0.2, 0) is 14.3 Å². The number of hydrogen-bond acceptors (Lipinski definition) is 4. The maximum atomic E-state index is 12.6. The molecule has 0 amide bonds. The number of aliphatic hydroxyl groups is 1. The molecule has 4 rings (SSSR count). The molecule has 4 nitrogen and oxygen atoms in total. The standard InChI is InChI=1S/C27H44O4/c1-4-31-25(30)9-7-5-6-8-18-12-14-26(2)21-13-15-27(3)20(10-11-24(27)29)19(21)17-23(28)22(26)16-18/h18-23,28H,4-17H2,1-3H3/t18-,19?,20?,21?,22?,23-,26+,27-/m0/s1. The number of carbonyl (C=O) groups is 2. The molecule has 31 heavy (non-hydrogen) atoms. The van der Waals surface area contributed by atoms with E-state index >= 15 is 0 Å². The maximum absolute atomic E-state index is 12.6. The van der Waals surface area contributed by atoms with Gasteiger partial charge in [0.25, 0.3) is 0 Å². The van der Waals surface area contributed by atoms with Crippen LogP contribution in [0, 0.1) is 40.4 Å². The van der Waals surface area contributed by atoms with Crippen LogP contribution in [-0.4, -0.2) is 29.6 Å². The van der Waals surface area contributed by atoms with Gasteiger partial charge in [-0.3, -0.25) is 9.59 Å². The summed E-state index contributed by atoms with van der Waals surface area (Å²) in [6, 6.07) is 0. The van der Waals surface area contributed by atoms with Crippen LogP contribution in [0.2, 0.25) is 0 Å². The summed E-state index contributed by atoms with van der Waals surface area (Å²) in [7, 11) is 0. The molecule has 0 saturated heterocycles. The van der Waals surface area contributed by atoms with Crippen molar-refractivity contribution in [2.75, 3.05) is 6.61 Å². The molecular weight excluding hydrogens is 388 g/mol. The first kappa shape index (κ1) is 23.3. The Bertz CT molecular complexity index is 674. The number of Topliss-reactive ketones (excluding diaryl/α,β-unsaturated/α-hetero) is 1. The van der Waals surface area contributed by atoms with E-state index in [2.05, 4.69) is 13.8 Å². The van der Waals surface area contributed by atoms with E-state index in [1.807, 2.05) is 6.92 Å². The molecule has 0 aromatic rings. The van der Waals surface area contributed by atoms with Gasteiger partial charge in [-0.2, -0.15) is 0 Å².